The number of carbonyl (C=O) groups excluding carboxylic acids is 1. The maximum atomic E-state index is 12.1. The van der Waals surface area contributed by atoms with Crippen molar-refractivity contribution < 1.29 is 9.53 Å². The number of nitrogens with one attached hydrogen (secondary N) is 1. The summed E-state index contributed by atoms with van der Waals surface area (Å²) in [4.78, 5) is 12.1. The second-order valence-corrected chi connectivity index (χ2v) is 6.04. The first-order chi connectivity index (χ1) is 12.7. The van der Waals surface area contributed by atoms with Gasteiger partial charge >= 0.3 is 0 Å². The first-order valence-electron chi connectivity index (χ1n) is 8.64. The highest BCUT2D eigenvalue weighted by Gasteiger charge is 2.09. The van der Waals surface area contributed by atoms with Gasteiger partial charge < -0.3 is 15.8 Å². The monoisotopic (exact) mass is 382 g/mol. The molecular formula is C22H23ClN2O2. The Kier molecular flexibility index (Phi) is 7.86. The average molecular weight is 383 g/mol. The smallest absolute Gasteiger partial charge is 0.224 e. The summed E-state index contributed by atoms with van der Waals surface area (Å²) in [7, 11) is 0. The molecule has 0 aliphatic carbocycles. The van der Waals surface area contributed by atoms with E-state index in [1.165, 1.54) is 0 Å². The van der Waals surface area contributed by atoms with Gasteiger partial charge in [-0.15, -0.1) is 12.4 Å². The number of rotatable bonds is 7. The minimum absolute atomic E-state index is 0. The Hall–Kier alpha value is -2.82. The molecule has 3 aromatic rings. The van der Waals surface area contributed by atoms with E-state index >= 15 is 0 Å². The molecule has 0 bridgehead atoms. The summed E-state index contributed by atoms with van der Waals surface area (Å²) < 4.78 is 5.74. The molecule has 0 heterocycles. The van der Waals surface area contributed by atoms with Crippen molar-refractivity contribution in [2.45, 2.75) is 18.9 Å². The Balaban J connectivity index is 0.00000261. The maximum Gasteiger partial charge on any atom is 0.224 e. The molecule has 1 unspecified atom stereocenters. The zero-order chi connectivity index (χ0) is 18.2. The average Bonchev–Trinajstić information content (AvgIpc) is 2.69. The van der Waals surface area contributed by atoms with E-state index in [1.807, 2.05) is 84.9 Å². The van der Waals surface area contributed by atoms with Gasteiger partial charge in [0, 0.05) is 18.2 Å². The Morgan fingerprint density at radius 1 is 0.852 bits per heavy atom. The summed E-state index contributed by atoms with van der Waals surface area (Å²) in [5.74, 6) is 1.45. The number of anilines is 1. The van der Waals surface area contributed by atoms with Crippen LogP contribution in [0.25, 0.3) is 0 Å². The van der Waals surface area contributed by atoms with Crippen molar-refractivity contribution in [1.29, 1.82) is 0 Å². The molecule has 5 heteroatoms. The van der Waals surface area contributed by atoms with Crippen LogP contribution >= 0.6 is 12.4 Å². The lowest BCUT2D eigenvalue weighted by atomic mass is 10.0. The van der Waals surface area contributed by atoms with Crippen LogP contribution in [0, 0.1) is 0 Å². The van der Waals surface area contributed by atoms with Crippen molar-refractivity contribution in [3.05, 3.63) is 90.5 Å². The molecule has 3 aromatic carbocycles. The summed E-state index contributed by atoms with van der Waals surface area (Å²) in [5.41, 5.74) is 7.92. The lowest BCUT2D eigenvalue weighted by molar-refractivity contribution is -0.116. The number of benzene rings is 3. The fourth-order valence-corrected chi connectivity index (χ4v) is 2.61. The highest BCUT2D eigenvalue weighted by Crippen LogP contribution is 2.23. The Morgan fingerprint density at radius 2 is 1.41 bits per heavy atom. The Bertz CT molecular complexity index is 824. The number of para-hydroxylation sites is 1. The molecule has 1 amide bonds. The number of halogens is 1. The fourth-order valence-electron chi connectivity index (χ4n) is 2.61. The van der Waals surface area contributed by atoms with Gasteiger partial charge in [-0.1, -0.05) is 48.5 Å². The van der Waals surface area contributed by atoms with E-state index < -0.39 is 0 Å². The third-order valence-electron chi connectivity index (χ3n) is 4.03. The van der Waals surface area contributed by atoms with Gasteiger partial charge in [0.15, 0.2) is 0 Å². The molecule has 3 N–H and O–H groups in total. The summed E-state index contributed by atoms with van der Waals surface area (Å²) in [6.07, 6.45) is 0.976. The third-order valence-corrected chi connectivity index (χ3v) is 4.03. The van der Waals surface area contributed by atoms with Gasteiger partial charge in [0.2, 0.25) is 5.91 Å². The van der Waals surface area contributed by atoms with Gasteiger partial charge in [0.25, 0.3) is 0 Å². The Morgan fingerprint density at radius 3 is 2.04 bits per heavy atom. The molecule has 27 heavy (non-hydrogen) atoms. The zero-order valence-electron chi connectivity index (χ0n) is 14.9. The van der Waals surface area contributed by atoms with E-state index in [-0.39, 0.29) is 24.4 Å². The molecule has 1 atom stereocenters. The van der Waals surface area contributed by atoms with Crippen LogP contribution in [0.3, 0.4) is 0 Å². The van der Waals surface area contributed by atoms with Gasteiger partial charge in [-0.25, -0.2) is 0 Å². The molecule has 140 valence electrons. The summed E-state index contributed by atoms with van der Waals surface area (Å²) in [5, 5.41) is 2.89. The normalized spacial score (nSPS) is 11.1. The van der Waals surface area contributed by atoms with Gasteiger partial charge in [0.05, 0.1) is 0 Å². The van der Waals surface area contributed by atoms with E-state index in [9.17, 15) is 4.79 Å². The highest BCUT2D eigenvalue weighted by atomic mass is 35.5. The molecule has 0 fully saturated rings. The molecule has 0 aliphatic rings. The minimum atomic E-state index is -0.136. The fraction of sp³-hybridized carbons (Fsp3) is 0.136. The second kappa shape index (κ2) is 10.4. The van der Waals surface area contributed by atoms with Crippen LogP contribution in [-0.4, -0.2) is 5.91 Å². The predicted molar refractivity (Wildman–Crippen MR) is 111 cm³/mol. The summed E-state index contributed by atoms with van der Waals surface area (Å²) in [6, 6.07) is 26.6. The van der Waals surface area contributed by atoms with Crippen molar-refractivity contribution in [2.75, 3.05) is 5.32 Å². The van der Waals surface area contributed by atoms with E-state index in [0.717, 1.165) is 22.7 Å². The van der Waals surface area contributed by atoms with E-state index in [1.54, 1.807) is 0 Å². The zero-order valence-corrected chi connectivity index (χ0v) is 15.7. The number of amides is 1. The first kappa shape index (κ1) is 20.5. The van der Waals surface area contributed by atoms with Crippen LogP contribution in [0.15, 0.2) is 84.9 Å². The standard InChI is InChI=1S/C22H22N2O2.ClH/c23-21(17-7-3-1-4-8-17)15-16-22(25)24-18-11-13-20(14-12-18)26-19-9-5-2-6-10-19;/h1-14,21H,15-16,23H2,(H,24,25);1H. The lowest BCUT2D eigenvalue weighted by Crippen LogP contribution is -2.16. The van der Waals surface area contributed by atoms with Crippen LogP contribution in [0.5, 0.6) is 11.5 Å². The van der Waals surface area contributed by atoms with E-state index in [0.29, 0.717) is 12.8 Å². The molecule has 0 aromatic heterocycles. The lowest BCUT2D eigenvalue weighted by Gasteiger charge is -2.12. The summed E-state index contributed by atoms with van der Waals surface area (Å²) >= 11 is 0. The van der Waals surface area contributed by atoms with Gasteiger partial charge in [-0.3, -0.25) is 4.79 Å². The van der Waals surface area contributed by atoms with Gasteiger partial charge in [0.1, 0.15) is 11.5 Å². The SMILES string of the molecule is Cl.NC(CCC(=O)Nc1ccc(Oc2ccccc2)cc1)c1ccccc1. The quantitative estimate of drug-likeness (QED) is 0.581. The third kappa shape index (κ3) is 6.44. The van der Waals surface area contributed by atoms with Crippen LogP contribution in [-0.2, 0) is 4.79 Å². The van der Waals surface area contributed by atoms with E-state index in [4.69, 9.17) is 10.5 Å². The van der Waals surface area contributed by atoms with Crippen molar-refractivity contribution in [1.82, 2.24) is 0 Å². The number of nitrogens with two attached hydrogens (primary N) is 1. The molecule has 0 saturated carbocycles. The number of ether oxygens (including phenoxy) is 1. The Labute approximate surface area is 165 Å². The number of carbonyl (C=O) groups is 1. The molecule has 0 radical (unpaired) electrons. The van der Waals surface area contributed by atoms with Gasteiger partial charge in [-0.05, 0) is 48.4 Å². The summed E-state index contributed by atoms with van der Waals surface area (Å²) in [6.45, 7) is 0. The topological polar surface area (TPSA) is 64.4 Å². The highest BCUT2D eigenvalue weighted by molar-refractivity contribution is 5.90. The minimum Gasteiger partial charge on any atom is -0.457 e. The number of hydrogen-bond donors (Lipinski definition) is 2. The first-order valence-corrected chi connectivity index (χ1v) is 8.64. The molecular weight excluding hydrogens is 360 g/mol. The van der Waals surface area contributed by atoms with Crippen molar-refractivity contribution in [3.8, 4) is 11.5 Å². The molecule has 0 saturated heterocycles. The second-order valence-electron chi connectivity index (χ2n) is 6.04. The van der Waals surface area contributed by atoms with Gasteiger partial charge in [-0.2, -0.15) is 0 Å². The maximum absolute atomic E-state index is 12.1. The van der Waals surface area contributed by atoms with Crippen molar-refractivity contribution >= 4 is 24.0 Å². The molecule has 0 spiro atoms. The van der Waals surface area contributed by atoms with Crippen molar-refractivity contribution in [2.24, 2.45) is 5.73 Å². The van der Waals surface area contributed by atoms with Crippen LogP contribution < -0.4 is 15.8 Å². The predicted octanol–water partition coefficient (Wildman–Crippen LogP) is 5.32. The molecule has 0 aliphatic heterocycles. The largest absolute Gasteiger partial charge is 0.457 e. The van der Waals surface area contributed by atoms with Crippen LogP contribution in [0.2, 0.25) is 0 Å². The van der Waals surface area contributed by atoms with Crippen LogP contribution in [0.1, 0.15) is 24.4 Å². The van der Waals surface area contributed by atoms with E-state index in [2.05, 4.69) is 5.32 Å². The van der Waals surface area contributed by atoms with Crippen LogP contribution in [0.4, 0.5) is 5.69 Å². The number of hydrogen-bond acceptors (Lipinski definition) is 3. The molecule has 3 rings (SSSR count). The van der Waals surface area contributed by atoms with Crippen molar-refractivity contribution in [3.63, 3.8) is 0 Å². The molecule has 4 nitrogen and oxygen atoms in total.